The molecule has 2 fully saturated rings. The normalized spacial score (nSPS) is 17.7. The largest absolute Gasteiger partial charge is 0.506 e. The predicted molar refractivity (Wildman–Crippen MR) is 170 cm³/mol. The lowest BCUT2D eigenvalue weighted by molar-refractivity contribution is -0.137. The van der Waals surface area contributed by atoms with Crippen molar-refractivity contribution < 1.29 is 32.9 Å². The maximum Gasteiger partial charge on any atom is 0.443 e. The number of halogens is 3. The number of nitrogens with zero attached hydrogens (tertiary/aromatic N) is 3. The number of aromatic amines is 1. The quantitative estimate of drug-likeness (QED) is 0.196. The minimum Gasteiger partial charge on any atom is -0.506 e. The van der Waals surface area contributed by atoms with Crippen molar-refractivity contribution in [2.75, 3.05) is 45.9 Å². The number of morpholine rings is 1. The number of aliphatic hydroxyl groups excluding tert-OH is 1. The molecule has 6 rings (SSSR count). The van der Waals surface area contributed by atoms with E-state index in [1.165, 1.54) is 23.1 Å². The Bertz CT molecular complexity index is 1790. The first-order valence-corrected chi connectivity index (χ1v) is 16.4. The summed E-state index contributed by atoms with van der Waals surface area (Å²) < 4.78 is 45.1. The van der Waals surface area contributed by atoms with Gasteiger partial charge in [0, 0.05) is 49.6 Å². The number of H-pyrrole nitrogens is 1. The molecule has 2 saturated heterocycles. The van der Waals surface area contributed by atoms with Gasteiger partial charge in [-0.05, 0) is 54.6 Å². The van der Waals surface area contributed by atoms with Gasteiger partial charge in [0.2, 0.25) is 5.56 Å². The number of phenolic OH excluding ortho intramolecular Hbond substituents is 1. The summed E-state index contributed by atoms with van der Waals surface area (Å²) in [6, 6.07) is 14.4. The standard InChI is InChI=1S/C33H36F3N5O5S/c34-33(35,36)31-38-25(19-47-31)30(45)41-14-15-46-32(20-41)9-12-40(13-10-32)18-22-3-1-2-21(16-22)8-11-37-17-27(43)23-4-6-26(42)29-24(23)5-7-28(44)39-29/h1-7,16,19,27,37,42-43H,8-15,17-18,20H2,(H,39,44)/t27-/m0/s1. The molecular formula is C33H36F3N5O5S. The Balaban J connectivity index is 0.972. The number of rotatable bonds is 9. The van der Waals surface area contributed by atoms with E-state index in [1.54, 1.807) is 17.0 Å². The van der Waals surface area contributed by atoms with Crippen molar-refractivity contribution in [3.05, 3.63) is 91.7 Å². The fraction of sp³-hybridized carbons (Fsp3) is 0.424. The summed E-state index contributed by atoms with van der Waals surface area (Å²) in [4.78, 5) is 34.7. The number of piperidine rings is 1. The van der Waals surface area contributed by atoms with E-state index in [0.717, 1.165) is 31.6 Å². The van der Waals surface area contributed by atoms with Crippen molar-refractivity contribution in [1.29, 1.82) is 0 Å². The third-order valence-corrected chi connectivity index (χ3v) is 9.75. The molecule has 1 atom stereocenters. The van der Waals surface area contributed by atoms with E-state index in [-0.39, 0.29) is 17.0 Å². The van der Waals surface area contributed by atoms with Crippen LogP contribution in [0.25, 0.3) is 10.9 Å². The summed E-state index contributed by atoms with van der Waals surface area (Å²) in [6.45, 7) is 4.22. The monoisotopic (exact) mass is 671 g/mol. The lowest BCUT2D eigenvalue weighted by Crippen LogP contribution is -2.58. The molecule has 1 spiro atoms. The number of phenols is 1. The van der Waals surface area contributed by atoms with Crippen molar-refractivity contribution in [2.24, 2.45) is 0 Å². The fourth-order valence-corrected chi connectivity index (χ4v) is 7.04. The number of hydrogen-bond acceptors (Lipinski definition) is 9. The summed E-state index contributed by atoms with van der Waals surface area (Å²) in [7, 11) is 0. The van der Waals surface area contributed by atoms with E-state index < -0.39 is 28.8 Å². The van der Waals surface area contributed by atoms with Gasteiger partial charge in [0.1, 0.15) is 11.4 Å². The van der Waals surface area contributed by atoms with Gasteiger partial charge in [-0.3, -0.25) is 14.5 Å². The molecule has 1 amide bonds. The van der Waals surface area contributed by atoms with E-state index in [1.807, 2.05) is 6.07 Å². The summed E-state index contributed by atoms with van der Waals surface area (Å²) >= 11 is 0.433. The number of fused-ring (bicyclic) bond motifs is 1. The van der Waals surface area contributed by atoms with Crippen molar-refractivity contribution in [3.63, 3.8) is 0 Å². The van der Waals surface area contributed by atoms with Gasteiger partial charge >= 0.3 is 6.18 Å². The van der Waals surface area contributed by atoms with Crippen LogP contribution in [0.3, 0.4) is 0 Å². The second-order valence-corrected chi connectivity index (χ2v) is 13.0. The molecule has 2 aromatic carbocycles. The van der Waals surface area contributed by atoms with Crippen LogP contribution < -0.4 is 10.9 Å². The molecule has 10 nitrogen and oxygen atoms in total. The number of benzene rings is 2. The predicted octanol–water partition coefficient (Wildman–Crippen LogP) is 4.08. The number of carbonyl (C=O) groups is 1. The molecule has 4 N–H and O–H groups in total. The van der Waals surface area contributed by atoms with Gasteiger partial charge in [0.05, 0.1) is 30.4 Å². The zero-order valence-electron chi connectivity index (χ0n) is 25.6. The van der Waals surface area contributed by atoms with Gasteiger partial charge in [-0.1, -0.05) is 30.3 Å². The highest BCUT2D eigenvalue weighted by Gasteiger charge is 2.42. The number of aromatic nitrogens is 2. The number of thiazole rings is 1. The Labute approximate surface area is 272 Å². The van der Waals surface area contributed by atoms with Crippen LogP contribution in [-0.2, 0) is 23.9 Å². The molecule has 0 radical (unpaired) electrons. The summed E-state index contributed by atoms with van der Waals surface area (Å²) in [5, 5.41) is 24.9. The zero-order valence-corrected chi connectivity index (χ0v) is 26.4. The average molecular weight is 672 g/mol. The van der Waals surface area contributed by atoms with Gasteiger partial charge in [-0.15, -0.1) is 11.3 Å². The first-order chi connectivity index (χ1) is 22.5. The minimum atomic E-state index is -4.57. The van der Waals surface area contributed by atoms with Crippen LogP contribution in [0.1, 0.15) is 51.1 Å². The van der Waals surface area contributed by atoms with Crippen LogP contribution >= 0.6 is 11.3 Å². The van der Waals surface area contributed by atoms with Crippen molar-refractivity contribution in [1.82, 2.24) is 25.1 Å². The number of pyridine rings is 1. The Hall–Kier alpha value is -3.82. The number of likely N-dealkylation sites (tertiary alicyclic amines) is 1. The van der Waals surface area contributed by atoms with Gasteiger partial charge in [0.15, 0.2) is 5.01 Å². The molecule has 250 valence electrons. The summed E-state index contributed by atoms with van der Waals surface area (Å²) in [5.41, 5.74) is 2.23. The Kier molecular flexibility index (Phi) is 9.67. The average Bonchev–Trinajstić information content (AvgIpc) is 3.56. The number of aliphatic hydroxyl groups is 1. The molecule has 2 aliphatic heterocycles. The zero-order chi connectivity index (χ0) is 33.2. The maximum atomic E-state index is 13.0. The lowest BCUT2D eigenvalue weighted by Gasteiger charge is -2.47. The van der Waals surface area contributed by atoms with Gasteiger partial charge in [-0.25, -0.2) is 4.98 Å². The molecule has 4 aromatic rings. The molecule has 14 heteroatoms. The van der Waals surface area contributed by atoms with Gasteiger partial charge in [0.25, 0.3) is 5.91 Å². The minimum absolute atomic E-state index is 0.0489. The van der Waals surface area contributed by atoms with Crippen LogP contribution in [0.2, 0.25) is 0 Å². The summed E-state index contributed by atoms with van der Waals surface area (Å²) in [6.07, 6.45) is -3.22. The van der Waals surface area contributed by atoms with Crippen LogP contribution in [0.15, 0.2) is 58.7 Å². The molecule has 0 aliphatic carbocycles. The van der Waals surface area contributed by atoms with Crippen molar-refractivity contribution in [3.8, 4) is 5.75 Å². The van der Waals surface area contributed by atoms with Gasteiger partial charge in [-0.2, -0.15) is 13.2 Å². The highest BCUT2D eigenvalue weighted by Crippen LogP contribution is 2.34. The molecule has 2 aromatic heterocycles. The number of amides is 1. The number of hydrogen-bond donors (Lipinski definition) is 4. The Morgan fingerprint density at radius 2 is 1.91 bits per heavy atom. The number of alkyl halides is 3. The first-order valence-electron chi connectivity index (χ1n) is 15.5. The lowest BCUT2D eigenvalue weighted by atomic mass is 9.89. The van der Waals surface area contributed by atoms with E-state index in [0.29, 0.717) is 73.4 Å². The number of carbonyl (C=O) groups excluding carboxylic acids is 1. The SMILES string of the molecule is O=C(c1csc(C(F)(F)F)n1)N1CCOC2(CCN(Cc3cccc(CCNC[C@H](O)c4ccc(O)c5[nH]c(=O)ccc45)c3)CC2)C1. The highest BCUT2D eigenvalue weighted by atomic mass is 32.1. The van der Waals surface area contributed by atoms with Crippen molar-refractivity contribution in [2.45, 2.75) is 43.7 Å². The topological polar surface area (TPSA) is 131 Å². The van der Waals surface area contributed by atoms with Crippen LogP contribution in [0.4, 0.5) is 13.2 Å². The first kappa shape index (κ1) is 33.1. The molecular weight excluding hydrogens is 635 g/mol. The van der Waals surface area contributed by atoms with Crippen LogP contribution in [0.5, 0.6) is 5.75 Å². The molecule has 0 unspecified atom stereocenters. The van der Waals surface area contributed by atoms with E-state index in [4.69, 9.17) is 4.74 Å². The van der Waals surface area contributed by atoms with E-state index in [9.17, 15) is 33.0 Å². The Morgan fingerprint density at radius 3 is 2.68 bits per heavy atom. The third kappa shape index (κ3) is 7.68. The second kappa shape index (κ2) is 13.7. The van der Waals surface area contributed by atoms with E-state index >= 15 is 0 Å². The molecule has 47 heavy (non-hydrogen) atoms. The highest BCUT2D eigenvalue weighted by molar-refractivity contribution is 7.10. The van der Waals surface area contributed by atoms with Crippen molar-refractivity contribution >= 4 is 28.1 Å². The number of ether oxygens (including phenoxy) is 1. The third-order valence-electron chi connectivity index (χ3n) is 8.86. The fourth-order valence-electron chi connectivity index (χ4n) is 6.38. The molecule has 0 bridgehead atoms. The number of aromatic hydroxyl groups is 1. The molecule has 0 saturated carbocycles. The molecule has 2 aliphatic rings. The van der Waals surface area contributed by atoms with E-state index in [2.05, 4.69) is 38.4 Å². The second-order valence-electron chi connectivity index (χ2n) is 12.1. The smallest absolute Gasteiger partial charge is 0.443 e. The molecule has 4 heterocycles. The maximum absolute atomic E-state index is 13.0. The number of nitrogens with one attached hydrogen (secondary N) is 2. The van der Waals surface area contributed by atoms with Gasteiger partial charge < -0.3 is 30.2 Å². The Morgan fingerprint density at radius 1 is 1.13 bits per heavy atom. The van der Waals surface area contributed by atoms with Crippen LogP contribution in [0, 0.1) is 0 Å². The summed E-state index contributed by atoms with van der Waals surface area (Å²) in [5.74, 6) is -0.540. The van der Waals surface area contributed by atoms with Crippen LogP contribution in [-0.4, -0.2) is 87.4 Å².